The van der Waals surface area contributed by atoms with E-state index in [1.165, 1.54) is 5.56 Å². The Balaban J connectivity index is 1.79. The zero-order chi connectivity index (χ0) is 14.6. The predicted molar refractivity (Wildman–Crippen MR) is 84.2 cm³/mol. The monoisotopic (exact) mass is 317 g/mol. The third-order valence-electron chi connectivity index (χ3n) is 3.50. The summed E-state index contributed by atoms with van der Waals surface area (Å²) >= 11 is 7.95. The van der Waals surface area contributed by atoms with Crippen LogP contribution < -0.4 is 5.43 Å². The molecule has 0 saturated heterocycles. The number of aryl methyl sites for hydroxylation is 2. The summed E-state index contributed by atoms with van der Waals surface area (Å²) in [6.07, 6.45) is 0. The number of rotatable bonds is 1. The maximum atomic E-state index is 6.36. The molecule has 1 aromatic carbocycles. The second-order valence-electron chi connectivity index (χ2n) is 5.06. The van der Waals surface area contributed by atoms with E-state index in [0.29, 0.717) is 5.15 Å². The van der Waals surface area contributed by atoms with Gasteiger partial charge in [0.05, 0.1) is 5.52 Å². The van der Waals surface area contributed by atoms with E-state index in [2.05, 4.69) is 39.7 Å². The number of hydrogen-bond donors (Lipinski definition) is 1. The molecule has 1 aliphatic heterocycles. The lowest BCUT2D eigenvalue weighted by molar-refractivity contribution is 0.762. The molecule has 7 heteroatoms. The maximum absolute atomic E-state index is 6.36. The van der Waals surface area contributed by atoms with Gasteiger partial charge in [0.25, 0.3) is 0 Å². The van der Waals surface area contributed by atoms with Gasteiger partial charge in [0.1, 0.15) is 16.4 Å². The van der Waals surface area contributed by atoms with Gasteiger partial charge >= 0.3 is 0 Å². The number of pyridine rings is 1. The lowest BCUT2D eigenvalue weighted by Crippen LogP contribution is -2.14. The van der Waals surface area contributed by atoms with Crippen LogP contribution in [0.15, 0.2) is 29.4 Å². The fourth-order valence-corrected chi connectivity index (χ4v) is 3.80. The highest BCUT2D eigenvalue weighted by molar-refractivity contribution is 7.99. The normalized spacial score (nSPS) is 17.0. The molecule has 0 amide bonds. The number of halogens is 1. The Morgan fingerprint density at radius 1 is 1.24 bits per heavy atom. The molecule has 1 atom stereocenters. The smallest absolute Gasteiger partial charge is 0.212 e. The van der Waals surface area contributed by atoms with E-state index < -0.39 is 0 Å². The Bertz CT molecular complexity index is 860. The van der Waals surface area contributed by atoms with Gasteiger partial charge in [0, 0.05) is 10.9 Å². The molecule has 5 nitrogen and oxygen atoms in total. The van der Waals surface area contributed by atoms with Crippen LogP contribution in [0.25, 0.3) is 10.9 Å². The average Bonchev–Trinajstić information content (AvgIpc) is 3.01. The first kappa shape index (κ1) is 12.9. The molecule has 21 heavy (non-hydrogen) atoms. The minimum Gasteiger partial charge on any atom is -0.304 e. The van der Waals surface area contributed by atoms with Crippen molar-refractivity contribution in [1.29, 1.82) is 0 Å². The van der Waals surface area contributed by atoms with Crippen LogP contribution in [0.5, 0.6) is 0 Å². The summed E-state index contributed by atoms with van der Waals surface area (Å²) < 4.78 is 1.88. The van der Waals surface area contributed by atoms with Crippen LogP contribution in [0.1, 0.15) is 22.3 Å². The molecule has 2 aromatic heterocycles. The fraction of sp³-hybridized carbons (Fsp3) is 0.214. The third-order valence-corrected chi connectivity index (χ3v) is 4.87. The Hall–Kier alpha value is -1.79. The first-order chi connectivity index (χ1) is 10.1. The average molecular weight is 318 g/mol. The van der Waals surface area contributed by atoms with E-state index in [1.807, 2.05) is 23.7 Å². The molecule has 106 valence electrons. The van der Waals surface area contributed by atoms with Crippen molar-refractivity contribution in [3.05, 3.63) is 46.4 Å². The van der Waals surface area contributed by atoms with Crippen molar-refractivity contribution in [1.82, 2.24) is 19.9 Å². The number of nitrogens with zero attached hydrogens (tertiary/aromatic N) is 4. The van der Waals surface area contributed by atoms with Crippen molar-refractivity contribution in [2.75, 3.05) is 5.43 Å². The summed E-state index contributed by atoms with van der Waals surface area (Å²) in [5, 5.41) is 10.6. The number of hydrogen-bond acceptors (Lipinski definition) is 5. The Morgan fingerprint density at radius 3 is 2.90 bits per heavy atom. The van der Waals surface area contributed by atoms with Crippen molar-refractivity contribution in [3.8, 4) is 0 Å². The largest absolute Gasteiger partial charge is 0.304 e. The van der Waals surface area contributed by atoms with Crippen LogP contribution in [-0.4, -0.2) is 19.9 Å². The lowest BCUT2D eigenvalue weighted by Gasteiger charge is -2.13. The molecule has 0 bridgehead atoms. The van der Waals surface area contributed by atoms with Crippen LogP contribution >= 0.6 is 23.4 Å². The second-order valence-corrected chi connectivity index (χ2v) is 6.49. The minimum absolute atomic E-state index is 0.000822. The molecule has 1 N–H and O–H groups in total. The van der Waals surface area contributed by atoms with E-state index >= 15 is 0 Å². The van der Waals surface area contributed by atoms with Gasteiger partial charge in [-0.05, 0) is 32.0 Å². The molecule has 0 spiro atoms. The predicted octanol–water partition coefficient (Wildman–Crippen LogP) is 3.44. The van der Waals surface area contributed by atoms with Gasteiger partial charge in [0.2, 0.25) is 5.16 Å². The van der Waals surface area contributed by atoms with Gasteiger partial charge < -0.3 is 5.43 Å². The number of thioether (sulfide) groups is 1. The number of aromatic nitrogens is 4. The zero-order valence-corrected chi connectivity index (χ0v) is 13.0. The van der Waals surface area contributed by atoms with Crippen molar-refractivity contribution < 1.29 is 0 Å². The van der Waals surface area contributed by atoms with Gasteiger partial charge in [0.15, 0.2) is 0 Å². The fourth-order valence-electron chi connectivity index (χ4n) is 2.42. The van der Waals surface area contributed by atoms with Crippen LogP contribution in [-0.2, 0) is 0 Å². The van der Waals surface area contributed by atoms with E-state index in [0.717, 1.165) is 27.4 Å². The maximum Gasteiger partial charge on any atom is 0.212 e. The molecule has 0 saturated carbocycles. The van der Waals surface area contributed by atoms with E-state index in [9.17, 15) is 0 Å². The third kappa shape index (κ3) is 2.06. The summed E-state index contributed by atoms with van der Waals surface area (Å²) in [4.78, 5) is 4.50. The quantitative estimate of drug-likeness (QED) is 0.697. The highest BCUT2D eigenvalue weighted by atomic mass is 35.5. The van der Waals surface area contributed by atoms with E-state index in [1.54, 1.807) is 11.8 Å². The van der Waals surface area contributed by atoms with Crippen LogP contribution in [0.3, 0.4) is 0 Å². The molecule has 3 heterocycles. The highest BCUT2D eigenvalue weighted by Crippen LogP contribution is 2.41. The first-order valence-corrected chi connectivity index (χ1v) is 7.79. The Kier molecular flexibility index (Phi) is 2.83. The molecule has 3 aromatic rings. The second kappa shape index (κ2) is 4.61. The summed E-state index contributed by atoms with van der Waals surface area (Å²) in [6.45, 7) is 3.98. The molecule has 4 rings (SSSR count). The van der Waals surface area contributed by atoms with Gasteiger partial charge in [-0.25, -0.2) is 9.66 Å². The van der Waals surface area contributed by atoms with Gasteiger partial charge in [-0.1, -0.05) is 35.0 Å². The van der Waals surface area contributed by atoms with Crippen LogP contribution in [0, 0.1) is 13.8 Å². The van der Waals surface area contributed by atoms with Crippen molar-refractivity contribution in [2.24, 2.45) is 0 Å². The molecule has 0 radical (unpaired) electrons. The molecule has 0 aliphatic carbocycles. The molecular weight excluding hydrogens is 306 g/mol. The topological polar surface area (TPSA) is 55.6 Å². The summed E-state index contributed by atoms with van der Waals surface area (Å²) in [7, 11) is 0. The van der Waals surface area contributed by atoms with Gasteiger partial charge in [-0.15, -0.1) is 10.2 Å². The van der Waals surface area contributed by atoms with Crippen LogP contribution in [0.2, 0.25) is 5.15 Å². The van der Waals surface area contributed by atoms with Gasteiger partial charge in [-0.3, -0.25) is 0 Å². The lowest BCUT2D eigenvalue weighted by atomic mass is 10.1. The van der Waals surface area contributed by atoms with Crippen molar-refractivity contribution in [2.45, 2.75) is 24.4 Å². The Morgan fingerprint density at radius 2 is 2.10 bits per heavy atom. The summed E-state index contributed by atoms with van der Waals surface area (Å²) in [5.41, 5.74) is 6.43. The molecule has 1 unspecified atom stereocenters. The minimum atomic E-state index is -0.000822. The first-order valence-electron chi connectivity index (χ1n) is 6.54. The summed E-state index contributed by atoms with van der Waals surface area (Å²) in [5.74, 6) is 0.834. The number of fused-ring (bicyclic) bond motifs is 2. The van der Waals surface area contributed by atoms with Crippen molar-refractivity contribution >= 4 is 34.3 Å². The summed E-state index contributed by atoms with van der Waals surface area (Å²) in [6, 6.07) is 8.25. The number of nitrogens with one attached hydrogen (secondary N) is 1. The Labute approximate surface area is 130 Å². The standard InChI is InChI=1S/C14H12ClN5S/c1-7-3-4-11-9(5-7)6-10(12(15)16-11)13-19-20-8(2)17-18-14(20)21-13/h3-6,13,19H,1-2H3. The van der Waals surface area contributed by atoms with E-state index in [4.69, 9.17) is 11.6 Å². The SMILES string of the molecule is Cc1ccc2nc(Cl)c(C3Nn4c(C)nnc4S3)cc2c1. The molecular formula is C14H12ClN5S. The van der Waals surface area contributed by atoms with Crippen LogP contribution in [0.4, 0.5) is 0 Å². The van der Waals surface area contributed by atoms with Crippen molar-refractivity contribution in [3.63, 3.8) is 0 Å². The van der Waals surface area contributed by atoms with E-state index in [-0.39, 0.29) is 5.37 Å². The molecule has 0 fully saturated rings. The van der Waals surface area contributed by atoms with Gasteiger partial charge in [-0.2, -0.15) is 0 Å². The highest BCUT2D eigenvalue weighted by Gasteiger charge is 2.28. The zero-order valence-electron chi connectivity index (χ0n) is 11.5. The number of benzene rings is 1. The molecule has 1 aliphatic rings.